The summed E-state index contributed by atoms with van der Waals surface area (Å²) in [5.74, 6) is 0.706. The van der Waals surface area contributed by atoms with Crippen LogP contribution in [0.1, 0.15) is 66.4 Å². The van der Waals surface area contributed by atoms with Crippen molar-refractivity contribution in [3.05, 3.63) is 23.8 Å². The molecule has 0 aliphatic carbocycles. The first-order chi connectivity index (χ1) is 12.3. The molecule has 2 atom stereocenters. The topological polar surface area (TPSA) is 71.3 Å². The number of nitriles is 1. The highest BCUT2D eigenvalue weighted by Gasteiger charge is 2.35. The van der Waals surface area contributed by atoms with E-state index in [4.69, 9.17) is 9.47 Å². The zero-order chi connectivity index (χ0) is 19.7. The zero-order valence-electron chi connectivity index (χ0n) is 16.9. The summed E-state index contributed by atoms with van der Waals surface area (Å²) >= 11 is 0. The molecule has 144 valence electrons. The minimum atomic E-state index is -0.928. The first-order valence-electron chi connectivity index (χ1n) is 9.41. The van der Waals surface area contributed by atoms with Crippen molar-refractivity contribution in [3.63, 3.8) is 0 Å². The number of carbonyl (C=O) groups excluding carboxylic acids is 1. The van der Waals surface area contributed by atoms with Gasteiger partial charge in [-0.15, -0.1) is 0 Å². The Bertz CT molecular complexity index is 637. The van der Waals surface area contributed by atoms with Crippen molar-refractivity contribution in [2.24, 2.45) is 5.92 Å². The maximum absolute atomic E-state index is 12.9. The van der Waals surface area contributed by atoms with E-state index in [9.17, 15) is 10.1 Å². The van der Waals surface area contributed by atoms with E-state index in [1.165, 1.54) is 0 Å². The Labute approximate surface area is 157 Å². The molecule has 0 fully saturated rings. The van der Waals surface area contributed by atoms with Crippen molar-refractivity contribution < 1.29 is 14.3 Å². The average molecular weight is 360 g/mol. The van der Waals surface area contributed by atoms with Crippen LogP contribution < -0.4 is 10.1 Å². The van der Waals surface area contributed by atoms with E-state index in [2.05, 4.69) is 25.2 Å². The first-order valence-corrected chi connectivity index (χ1v) is 9.41. The van der Waals surface area contributed by atoms with E-state index in [1.54, 1.807) is 18.2 Å². The van der Waals surface area contributed by atoms with Crippen LogP contribution in [0.15, 0.2) is 18.2 Å². The Hall–Kier alpha value is -2.06. The summed E-state index contributed by atoms with van der Waals surface area (Å²) in [5, 5.41) is 12.3. The van der Waals surface area contributed by atoms with Gasteiger partial charge in [-0.25, -0.2) is 0 Å². The Morgan fingerprint density at radius 2 is 2.00 bits per heavy atom. The van der Waals surface area contributed by atoms with Gasteiger partial charge in [0.25, 0.3) is 5.91 Å². The fraction of sp³-hybridized carbons (Fsp3) is 0.619. The molecule has 1 amide bonds. The fourth-order valence-electron chi connectivity index (χ4n) is 2.69. The summed E-state index contributed by atoms with van der Waals surface area (Å²) in [4.78, 5) is 12.9. The molecule has 0 aromatic heterocycles. The van der Waals surface area contributed by atoms with Crippen LogP contribution in [0.4, 0.5) is 5.69 Å². The van der Waals surface area contributed by atoms with Gasteiger partial charge in [0.15, 0.2) is 0 Å². The molecule has 0 bridgehead atoms. The summed E-state index contributed by atoms with van der Waals surface area (Å²) in [6, 6.07) is 7.28. The minimum Gasteiger partial charge on any atom is -0.491 e. The highest BCUT2D eigenvalue weighted by atomic mass is 16.5. The second kappa shape index (κ2) is 10.2. The monoisotopic (exact) mass is 360 g/mol. The molecule has 0 unspecified atom stereocenters. The normalized spacial score (nSPS) is 14.4. The van der Waals surface area contributed by atoms with Crippen LogP contribution in [0.25, 0.3) is 0 Å². The van der Waals surface area contributed by atoms with Gasteiger partial charge in [0.1, 0.15) is 17.4 Å². The molecule has 1 rings (SSSR count). The molecule has 26 heavy (non-hydrogen) atoms. The molecule has 1 aromatic carbocycles. The predicted molar refractivity (Wildman–Crippen MR) is 104 cm³/mol. The highest BCUT2D eigenvalue weighted by molar-refractivity contribution is 5.98. The molecule has 0 aliphatic heterocycles. The number of benzene rings is 1. The molecular weight excluding hydrogens is 328 g/mol. The SMILES string of the molecule is CCCO[C@](C)(CC(C)C)C(=O)Nc1ccc(O[C@H](C)CC)cc1C#N. The van der Waals surface area contributed by atoms with Gasteiger partial charge in [-0.05, 0) is 51.2 Å². The summed E-state index contributed by atoms with van der Waals surface area (Å²) in [6.07, 6.45) is 2.39. The zero-order valence-corrected chi connectivity index (χ0v) is 16.9. The largest absolute Gasteiger partial charge is 0.491 e. The van der Waals surface area contributed by atoms with Gasteiger partial charge in [0.05, 0.1) is 17.4 Å². The third-order valence-electron chi connectivity index (χ3n) is 4.17. The average Bonchev–Trinajstić information content (AvgIpc) is 2.60. The maximum Gasteiger partial charge on any atom is 0.256 e. The van der Waals surface area contributed by atoms with Crippen LogP contribution in [-0.4, -0.2) is 24.2 Å². The van der Waals surface area contributed by atoms with Crippen LogP contribution in [-0.2, 0) is 9.53 Å². The number of nitrogens with one attached hydrogen (secondary N) is 1. The van der Waals surface area contributed by atoms with Gasteiger partial charge in [-0.3, -0.25) is 4.79 Å². The molecule has 5 nitrogen and oxygen atoms in total. The van der Waals surface area contributed by atoms with Crippen LogP contribution in [0, 0.1) is 17.2 Å². The number of hydrogen-bond acceptors (Lipinski definition) is 4. The van der Waals surface area contributed by atoms with Crippen LogP contribution in [0.5, 0.6) is 5.75 Å². The first kappa shape index (κ1) is 22.0. The number of hydrogen-bond donors (Lipinski definition) is 1. The van der Waals surface area contributed by atoms with Crippen LogP contribution >= 0.6 is 0 Å². The lowest BCUT2D eigenvalue weighted by Gasteiger charge is -2.30. The number of amides is 1. The number of nitrogens with zero attached hydrogens (tertiary/aromatic N) is 1. The maximum atomic E-state index is 12.9. The van der Waals surface area contributed by atoms with E-state index >= 15 is 0 Å². The lowest BCUT2D eigenvalue weighted by Crippen LogP contribution is -2.44. The summed E-state index contributed by atoms with van der Waals surface area (Å²) in [6.45, 7) is 12.5. The van der Waals surface area contributed by atoms with Crippen molar-refractivity contribution in [2.75, 3.05) is 11.9 Å². The van der Waals surface area contributed by atoms with Crippen LogP contribution in [0.3, 0.4) is 0 Å². The Morgan fingerprint density at radius 1 is 1.31 bits per heavy atom. The van der Waals surface area contributed by atoms with E-state index < -0.39 is 5.60 Å². The molecule has 1 N–H and O–H groups in total. The number of carbonyl (C=O) groups is 1. The van der Waals surface area contributed by atoms with Crippen molar-refractivity contribution in [1.29, 1.82) is 5.26 Å². The van der Waals surface area contributed by atoms with Crippen molar-refractivity contribution >= 4 is 11.6 Å². The highest BCUT2D eigenvalue weighted by Crippen LogP contribution is 2.27. The standard InChI is InChI=1S/C21H32N2O3/c1-7-11-25-21(6,13-15(3)4)20(24)23-19-10-9-18(12-17(19)14-22)26-16(5)8-2/h9-10,12,15-16H,7-8,11,13H2,1-6H3,(H,23,24)/t16-,21-/m1/s1. The molecule has 1 aromatic rings. The number of ether oxygens (including phenoxy) is 2. The Balaban J connectivity index is 3.00. The second-order valence-corrected chi connectivity index (χ2v) is 7.29. The molecule has 0 radical (unpaired) electrons. The molecule has 0 saturated heterocycles. The van der Waals surface area contributed by atoms with Gasteiger partial charge in [-0.2, -0.15) is 5.26 Å². The van der Waals surface area contributed by atoms with Gasteiger partial charge < -0.3 is 14.8 Å². The van der Waals surface area contributed by atoms with Gasteiger partial charge in [-0.1, -0.05) is 27.7 Å². The van der Waals surface area contributed by atoms with Gasteiger partial charge >= 0.3 is 0 Å². The predicted octanol–water partition coefficient (Wildman–Crippen LogP) is 4.91. The summed E-state index contributed by atoms with van der Waals surface area (Å²) < 4.78 is 11.6. The Morgan fingerprint density at radius 3 is 2.54 bits per heavy atom. The number of anilines is 1. The van der Waals surface area contributed by atoms with Crippen molar-refractivity contribution in [2.45, 2.75) is 72.5 Å². The number of rotatable bonds is 10. The lowest BCUT2D eigenvalue weighted by atomic mass is 9.92. The second-order valence-electron chi connectivity index (χ2n) is 7.29. The molecule has 0 heterocycles. The minimum absolute atomic E-state index is 0.0683. The summed E-state index contributed by atoms with van der Waals surface area (Å²) in [5.41, 5.74) is -0.0754. The lowest BCUT2D eigenvalue weighted by molar-refractivity contribution is -0.141. The van der Waals surface area contributed by atoms with Gasteiger partial charge in [0.2, 0.25) is 0 Å². The third kappa shape index (κ3) is 6.34. The molecule has 0 aliphatic rings. The smallest absolute Gasteiger partial charge is 0.256 e. The Kier molecular flexibility index (Phi) is 8.60. The van der Waals surface area contributed by atoms with Crippen molar-refractivity contribution in [3.8, 4) is 11.8 Å². The summed E-state index contributed by atoms with van der Waals surface area (Å²) in [7, 11) is 0. The van der Waals surface area contributed by atoms with E-state index in [0.717, 1.165) is 12.8 Å². The van der Waals surface area contributed by atoms with E-state index in [-0.39, 0.29) is 12.0 Å². The van der Waals surface area contributed by atoms with Crippen molar-refractivity contribution in [1.82, 2.24) is 0 Å². The third-order valence-corrected chi connectivity index (χ3v) is 4.17. The van der Waals surface area contributed by atoms with Gasteiger partial charge in [0, 0.05) is 12.7 Å². The molecule has 0 saturated carbocycles. The molecule has 0 spiro atoms. The molecular formula is C21H32N2O3. The van der Waals surface area contributed by atoms with Crippen LogP contribution in [0.2, 0.25) is 0 Å². The fourth-order valence-corrected chi connectivity index (χ4v) is 2.69. The quantitative estimate of drug-likeness (QED) is 0.644. The van der Waals surface area contributed by atoms with E-state index in [0.29, 0.717) is 35.9 Å². The van der Waals surface area contributed by atoms with E-state index in [1.807, 2.05) is 27.7 Å². The molecule has 5 heteroatoms.